The van der Waals surface area contributed by atoms with Crippen molar-refractivity contribution < 1.29 is 5.11 Å². The van der Waals surface area contributed by atoms with Crippen LogP contribution in [0.1, 0.15) is 25.0 Å². The van der Waals surface area contributed by atoms with E-state index in [1.165, 1.54) is 0 Å². The fraction of sp³-hybridized carbons (Fsp3) is 0.400. The number of aliphatic hydroxyl groups is 1. The molecule has 0 saturated carbocycles. The van der Waals surface area contributed by atoms with Gasteiger partial charge in [0.05, 0.1) is 11.1 Å². The van der Waals surface area contributed by atoms with Gasteiger partial charge in [-0.15, -0.1) is 0 Å². The summed E-state index contributed by atoms with van der Waals surface area (Å²) in [7, 11) is 0. The first-order valence-corrected chi connectivity index (χ1v) is 5.62. The molecule has 2 atom stereocenters. The van der Waals surface area contributed by atoms with E-state index in [2.05, 4.69) is 15.9 Å². The third-order valence-electron chi connectivity index (χ3n) is 2.16. The molecule has 0 radical (unpaired) electrons. The molecule has 2 unspecified atom stereocenters. The highest BCUT2D eigenvalue weighted by atomic mass is 79.9. The van der Waals surface area contributed by atoms with Crippen LogP contribution in [-0.4, -0.2) is 11.1 Å². The van der Waals surface area contributed by atoms with E-state index in [-0.39, 0.29) is 6.04 Å². The predicted molar refractivity (Wildman–Crippen MR) is 62.4 cm³/mol. The Morgan fingerprint density at radius 2 is 2.21 bits per heavy atom. The van der Waals surface area contributed by atoms with Gasteiger partial charge in [-0.1, -0.05) is 24.6 Å². The van der Waals surface area contributed by atoms with Crippen molar-refractivity contribution in [1.29, 1.82) is 0 Å². The number of hydrogen-bond acceptors (Lipinski definition) is 2. The molecule has 0 aliphatic carbocycles. The molecular formula is C10H13BrClNO. The summed E-state index contributed by atoms with van der Waals surface area (Å²) in [5, 5.41) is 10.4. The van der Waals surface area contributed by atoms with Crippen LogP contribution in [0.2, 0.25) is 5.02 Å². The second-order valence-corrected chi connectivity index (χ2v) is 4.45. The van der Waals surface area contributed by atoms with Gasteiger partial charge in [-0.3, -0.25) is 0 Å². The van der Waals surface area contributed by atoms with Crippen molar-refractivity contribution in [3.63, 3.8) is 0 Å². The zero-order chi connectivity index (χ0) is 10.7. The number of hydrogen-bond donors (Lipinski definition) is 2. The summed E-state index contributed by atoms with van der Waals surface area (Å²) in [6.45, 7) is 1.94. The lowest BCUT2D eigenvalue weighted by Crippen LogP contribution is -2.27. The molecular weight excluding hydrogens is 265 g/mol. The predicted octanol–water partition coefficient (Wildman–Crippen LogP) is 2.87. The minimum atomic E-state index is -0.631. The van der Waals surface area contributed by atoms with E-state index in [4.69, 9.17) is 17.3 Å². The van der Waals surface area contributed by atoms with Gasteiger partial charge in [-0.05, 0) is 40.0 Å². The Morgan fingerprint density at radius 3 is 2.71 bits per heavy atom. The lowest BCUT2D eigenvalue weighted by Gasteiger charge is -2.17. The van der Waals surface area contributed by atoms with E-state index in [1.807, 2.05) is 6.92 Å². The van der Waals surface area contributed by atoms with E-state index in [1.54, 1.807) is 18.2 Å². The van der Waals surface area contributed by atoms with Crippen molar-refractivity contribution in [3.05, 3.63) is 33.3 Å². The monoisotopic (exact) mass is 277 g/mol. The van der Waals surface area contributed by atoms with Crippen LogP contribution in [0, 0.1) is 0 Å². The summed E-state index contributed by atoms with van der Waals surface area (Å²) in [5.74, 6) is 0. The fourth-order valence-electron chi connectivity index (χ4n) is 1.17. The van der Waals surface area contributed by atoms with Crippen molar-refractivity contribution in [3.8, 4) is 0 Å². The zero-order valence-electron chi connectivity index (χ0n) is 7.87. The Balaban J connectivity index is 2.91. The SMILES string of the molecule is CCC(N)C(O)c1ccc(Cl)c(Br)c1. The maximum absolute atomic E-state index is 9.82. The van der Waals surface area contributed by atoms with Crippen LogP contribution >= 0.6 is 27.5 Å². The minimum absolute atomic E-state index is 0.233. The van der Waals surface area contributed by atoms with Crippen LogP contribution in [0.4, 0.5) is 0 Å². The lowest BCUT2D eigenvalue weighted by molar-refractivity contribution is 0.144. The van der Waals surface area contributed by atoms with Crippen molar-refractivity contribution >= 4 is 27.5 Å². The second kappa shape index (κ2) is 5.12. The van der Waals surface area contributed by atoms with Crippen LogP contribution in [0.15, 0.2) is 22.7 Å². The maximum Gasteiger partial charge on any atom is 0.0941 e. The molecule has 1 aromatic carbocycles. The quantitative estimate of drug-likeness (QED) is 0.893. The summed E-state index contributed by atoms with van der Waals surface area (Å²) >= 11 is 9.14. The Hall–Kier alpha value is -0.0900. The number of halogens is 2. The molecule has 0 fully saturated rings. The molecule has 0 bridgehead atoms. The third-order valence-corrected chi connectivity index (χ3v) is 3.38. The van der Waals surface area contributed by atoms with Crippen molar-refractivity contribution in [2.45, 2.75) is 25.5 Å². The van der Waals surface area contributed by atoms with Crippen LogP contribution in [-0.2, 0) is 0 Å². The number of benzene rings is 1. The average Bonchev–Trinajstić information content (AvgIpc) is 2.20. The summed E-state index contributed by atoms with van der Waals surface area (Å²) in [4.78, 5) is 0. The third kappa shape index (κ3) is 2.70. The molecule has 0 saturated heterocycles. The molecule has 4 heteroatoms. The molecule has 1 rings (SSSR count). The molecule has 0 aliphatic rings. The van der Waals surface area contributed by atoms with E-state index >= 15 is 0 Å². The fourth-order valence-corrected chi connectivity index (χ4v) is 1.68. The van der Waals surface area contributed by atoms with Gasteiger partial charge in [-0.25, -0.2) is 0 Å². The first-order valence-electron chi connectivity index (χ1n) is 4.44. The standard InChI is InChI=1S/C10H13BrClNO/c1-2-9(13)10(14)6-3-4-8(12)7(11)5-6/h3-5,9-10,14H,2,13H2,1H3. The first-order chi connectivity index (χ1) is 6.56. The normalized spacial score (nSPS) is 15.2. The van der Waals surface area contributed by atoms with Gasteiger partial charge in [-0.2, -0.15) is 0 Å². The Kier molecular flexibility index (Phi) is 4.38. The molecule has 0 spiro atoms. The zero-order valence-corrected chi connectivity index (χ0v) is 10.2. The molecule has 78 valence electrons. The summed E-state index contributed by atoms with van der Waals surface area (Å²) in [6.07, 6.45) is 0.107. The number of aliphatic hydroxyl groups excluding tert-OH is 1. The minimum Gasteiger partial charge on any atom is -0.387 e. The lowest BCUT2D eigenvalue weighted by atomic mass is 10.0. The highest BCUT2D eigenvalue weighted by Crippen LogP contribution is 2.27. The van der Waals surface area contributed by atoms with E-state index in [0.717, 1.165) is 16.5 Å². The van der Waals surface area contributed by atoms with Crippen LogP contribution in [0.5, 0.6) is 0 Å². The average molecular weight is 279 g/mol. The molecule has 3 N–H and O–H groups in total. The van der Waals surface area contributed by atoms with Gasteiger partial charge in [0.2, 0.25) is 0 Å². The Labute approximate surface area is 97.2 Å². The maximum atomic E-state index is 9.82. The van der Waals surface area contributed by atoms with E-state index in [9.17, 15) is 5.11 Å². The van der Waals surface area contributed by atoms with Crippen LogP contribution in [0.25, 0.3) is 0 Å². The Bertz CT molecular complexity index is 319. The van der Waals surface area contributed by atoms with Gasteiger partial charge >= 0.3 is 0 Å². The van der Waals surface area contributed by atoms with Gasteiger partial charge in [0.1, 0.15) is 0 Å². The highest BCUT2D eigenvalue weighted by Gasteiger charge is 2.15. The van der Waals surface area contributed by atoms with E-state index < -0.39 is 6.10 Å². The first kappa shape index (κ1) is 12.0. The van der Waals surface area contributed by atoms with Crippen molar-refractivity contribution in [1.82, 2.24) is 0 Å². The molecule has 2 nitrogen and oxygen atoms in total. The van der Waals surface area contributed by atoms with Crippen LogP contribution < -0.4 is 5.73 Å². The summed E-state index contributed by atoms with van der Waals surface area (Å²) in [5.41, 5.74) is 6.53. The van der Waals surface area contributed by atoms with Gasteiger partial charge in [0.15, 0.2) is 0 Å². The smallest absolute Gasteiger partial charge is 0.0941 e. The summed E-state index contributed by atoms with van der Waals surface area (Å²) in [6, 6.07) is 5.09. The van der Waals surface area contributed by atoms with Gasteiger partial charge < -0.3 is 10.8 Å². The molecule has 0 heterocycles. The summed E-state index contributed by atoms with van der Waals surface area (Å²) < 4.78 is 0.777. The molecule has 0 amide bonds. The van der Waals surface area contributed by atoms with E-state index in [0.29, 0.717) is 5.02 Å². The molecule has 14 heavy (non-hydrogen) atoms. The van der Waals surface area contributed by atoms with Crippen molar-refractivity contribution in [2.24, 2.45) is 5.73 Å². The molecule has 0 aromatic heterocycles. The molecule has 0 aliphatic heterocycles. The second-order valence-electron chi connectivity index (χ2n) is 3.19. The highest BCUT2D eigenvalue weighted by molar-refractivity contribution is 9.10. The largest absolute Gasteiger partial charge is 0.387 e. The van der Waals surface area contributed by atoms with Crippen molar-refractivity contribution in [2.75, 3.05) is 0 Å². The Morgan fingerprint density at radius 1 is 1.57 bits per heavy atom. The van der Waals surface area contributed by atoms with Gasteiger partial charge in [0, 0.05) is 10.5 Å². The topological polar surface area (TPSA) is 46.2 Å². The molecule has 1 aromatic rings. The number of rotatable bonds is 3. The van der Waals surface area contributed by atoms with Gasteiger partial charge in [0.25, 0.3) is 0 Å². The number of nitrogens with two attached hydrogens (primary N) is 1. The van der Waals surface area contributed by atoms with Crippen LogP contribution in [0.3, 0.4) is 0 Å².